The zero-order chi connectivity index (χ0) is 36.2. The van der Waals surface area contributed by atoms with Crippen LogP contribution in [-0.4, -0.2) is 111 Å². The van der Waals surface area contributed by atoms with Crippen LogP contribution in [0.5, 0.6) is 11.8 Å². The second-order valence-electron chi connectivity index (χ2n) is 15.7. The molecular formula is C40H40F3N7O3. The number of aromatic nitrogens is 4. The summed E-state index contributed by atoms with van der Waals surface area (Å²) in [5.41, 5.74) is 0.0653. The summed E-state index contributed by atoms with van der Waals surface area (Å²) in [4.78, 5) is 16.8. The fraction of sp³-hybridized carbons (Fsp3) is 0.475. The Morgan fingerprint density at radius 3 is 2.64 bits per heavy atom. The van der Waals surface area contributed by atoms with E-state index in [0.29, 0.717) is 71.5 Å². The van der Waals surface area contributed by atoms with Gasteiger partial charge in [-0.15, -0.1) is 6.42 Å². The van der Waals surface area contributed by atoms with Crippen molar-refractivity contribution in [1.82, 2.24) is 29.5 Å². The number of terminal acetylenes is 1. The zero-order valence-electron chi connectivity index (χ0n) is 29.5. The van der Waals surface area contributed by atoms with Gasteiger partial charge in [-0.1, -0.05) is 12.0 Å². The molecule has 4 atom stereocenters. The van der Waals surface area contributed by atoms with E-state index in [0.717, 1.165) is 52.0 Å². The SMILES string of the molecule is C#Cc1c(F)ccc2cc(O)cc(-c3c(F)c4nc(OC[C@@]56CCCN5C[C@H](F)C6)nc(N5CC6CCC(C5)N6CC5COC5)c4c4cn(C)nc34)c12. The van der Waals surface area contributed by atoms with E-state index in [1.54, 1.807) is 11.7 Å². The topological polar surface area (TPSA) is 92.0 Å². The van der Waals surface area contributed by atoms with Crippen molar-refractivity contribution in [3.8, 4) is 35.2 Å². The molecule has 10 nitrogen and oxygen atoms in total. The van der Waals surface area contributed by atoms with Crippen LogP contribution in [0, 0.1) is 29.9 Å². The Bertz CT molecular complexity index is 2340. The molecule has 7 heterocycles. The smallest absolute Gasteiger partial charge is 0.319 e. The van der Waals surface area contributed by atoms with Gasteiger partial charge in [-0.25, -0.2) is 13.2 Å². The summed E-state index contributed by atoms with van der Waals surface area (Å²) in [6.07, 6.45) is 11.0. The zero-order valence-corrected chi connectivity index (χ0v) is 29.5. The maximum Gasteiger partial charge on any atom is 0.319 e. The van der Waals surface area contributed by atoms with Gasteiger partial charge >= 0.3 is 6.01 Å². The maximum atomic E-state index is 17.7. The minimum Gasteiger partial charge on any atom is -0.508 e. The highest BCUT2D eigenvalue weighted by Gasteiger charge is 2.49. The van der Waals surface area contributed by atoms with Crippen LogP contribution in [0.4, 0.5) is 19.0 Å². The number of phenolic OH excluding ortho intramolecular Hbond substituents is 1. The molecule has 274 valence electrons. The van der Waals surface area contributed by atoms with Crippen LogP contribution in [0.2, 0.25) is 0 Å². The summed E-state index contributed by atoms with van der Waals surface area (Å²) in [6.45, 7) is 5.36. The van der Waals surface area contributed by atoms with Gasteiger partial charge in [-0.2, -0.15) is 15.1 Å². The molecule has 1 N–H and O–H groups in total. The number of aryl methyl sites for hydroxylation is 1. The van der Waals surface area contributed by atoms with Crippen molar-refractivity contribution in [2.75, 3.05) is 57.4 Å². The van der Waals surface area contributed by atoms with Crippen molar-refractivity contribution >= 4 is 38.4 Å². The van der Waals surface area contributed by atoms with Crippen molar-refractivity contribution in [2.45, 2.75) is 55.9 Å². The van der Waals surface area contributed by atoms with Crippen molar-refractivity contribution in [3.05, 3.63) is 47.7 Å². The van der Waals surface area contributed by atoms with Crippen molar-refractivity contribution in [2.24, 2.45) is 13.0 Å². The summed E-state index contributed by atoms with van der Waals surface area (Å²) < 4.78 is 61.2. The molecule has 3 aromatic carbocycles. The molecule has 2 bridgehead atoms. The lowest BCUT2D eigenvalue weighted by Gasteiger charge is -2.44. The Balaban J connectivity index is 1.17. The first kappa shape index (κ1) is 33.0. The number of aromatic hydroxyl groups is 1. The summed E-state index contributed by atoms with van der Waals surface area (Å²) in [5.74, 6) is 2.06. The number of phenols is 1. The number of anilines is 1. The van der Waals surface area contributed by atoms with Crippen LogP contribution in [-0.2, 0) is 11.8 Å². The minimum absolute atomic E-state index is 0.0154. The highest BCUT2D eigenvalue weighted by atomic mass is 19.1. The molecule has 0 radical (unpaired) electrons. The van der Waals surface area contributed by atoms with Crippen LogP contribution in [0.3, 0.4) is 0 Å². The van der Waals surface area contributed by atoms with Gasteiger partial charge < -0.3 is 19.5 Å². The number of hydrogen-bond acceptors (Lipinski definition) is 9. The van der Waals surface area contributed by atoms with Crippen molar-refractivity contribution < 1.29 is 27.8 Å². The fourth-order valence-corrected chi connectivity index (χ4v) is 10.0. The maximum absolute atomic E-state index is 17.7. The summed E-state index contributed by atoms with van der Waals surface area (Å²) >= 11 is 0. The molecule has 0 amide bonds. The Labute approximate surface area is 304 Å². The molecule has 2 unspecified atom stereocenters. The van der Waals surface area contributed by atoms with Crippen molar-refractivity contribution in [3.63, 3.8) is 0 Å². The van der Waals surface area contributed by atoms with Crippen LogP contribution in [0.15, 0.2) is 30.5 Å². The summed E-state index contributed by atoms with van der Waals surface area (Å²) in [5, 5.41) is 17.5. The van der Waals surface area contributed by atoms with Gasteiger partial charge in [0.2, 0.25) is 0 Å². The third-order valence-corrected chi connectivity index (χ3v) is 12.4. The predicted octanol–water partition coefficient (Wildman–Crippen LogP) is 5.56. The lowest BCUT2D eigenvalue weighted by Crippen LogP contribution is -2.56. The van der Waals surface area contributed by atoms with E-state index in [1.165, 1.54) is 24.3 Å². The molecule has 5 aliphatic heterocycles. The molecule has 0 saturated carbocycles. The van der Waals surface area contributed by atoms with E-state index in [9.17, 15) is 9.50 Å². The number of piperazine rings is 1. The summed E-state index contributed by atoms with van der Waals surface area (Å²) in [6, 6.07) is 6.25. The second-order valence-corrected chi connectivity index (χ2v) is 15.7. The van der Waals surface area contributed by atoms with E-state index < -0.39 is 23.3 Å². The first-order chi connectivity index (χ1) is 25.7. The lowest BCUT2D eigenvalue weighted by atomic mass is 9.91. The highest BCUT2D eigenvalue weighted by molar-refractivity contribution is 6.18. The number of nitrogens with zero attached hydrogens (tertiary/aromatic N) is 7. The average molecular weight is 724 g/mol. The molecule has 13 heteroatoms. The van der Waals surface area contributed by atoms with Gasteiger partial charge in [0.25, 0.3) is 0 Å². The number of rotatable bonds is 7. The third-order valence-electron chi connectivity index (χ3n) is 12.4. The molecule has 53 heavy (non-hydrogen) atoms. The van der Waals surface area contributed by atoms with Crippen LogP contribution < -0.4 is 9.64 Å². The van der Waals surface area contributed by atoms with Gasteiger partial charge in [0.1, 0.15) is 41.2 Å². The standard InChI is InChI=1S/C40H40F3N7O3/c1-3-28-31(42)8-5-23-11-27(51)12-29(32(23)28)33-35(43)37-34(30-18-47(2)46-36(30)33)38(48-16-25-6-7-26(17-48)50(25)14-22-19-52-20-22)45-39(44-37)53-21-40-9-4-10-49(40)15-24(41)13-40/h1,5,8,11-12,18,22,24-26,51H,4,6-7,9-10,13-17,19-21H2,2H3/t24-,25?,26?,40+/m1/s1. The Morgan fingerprint density at radius 2 is 1.89 bits per heavy atom. The lowest BCUT2D eigenvalue weighted by molar-refractivity contribution is -0.0538. The average Bonchev–Trinajstić information content (AvgIpc) is 3.83. The predicted molar refractivity (Wildman–Crippen MR) is 195 cm³/mol. The molecular weight excluding hydrogens is 683 g/mol. The van der Waals surface area contributed by atoms with Gasteiger partial charge in [0.15, 0.2) is 5.82 Å². The molecule has 5 saturated heterocycles. The molecule has 0 aliphatic carbocycles. The monoisotopic (exact) mass is 723 g/mol. The number of ether oxygens (including phenoxy) is 2. The second kappa shape index (κ2) is 12.2. The van der Waals surface area contributed by atoms with Gasteiger partial charge in [-0.3, -0.25) is 14.5 Å². The van der Waals surface area contributed by atoms with E-state index in [4.69, 9.17) is 31.0 Å². The highest BCUT2D eigenvalue weighted by Crippen LogP contribution is 2.46. The minimum atomic E-state index is -0.932. The largest absolute Gasteiger partial charge is 0.508 e. The Morgan fingerprint density at radius 1 is 1.08 bits per heavy atom. The van der Waals surface area contributed by atoms with E-state index in [-0.39, 0.29) is 46.0 Å². The molecule has 5 aliphatic rings. The normalized spacial score (nSPS) is 26.2. The fourth-order valence-electron chi connectivity index (χ4n) is 10.0. The van der Waals surface area contributed by atoms with Crippen molar-refractivity contribution in [1.29, 1.82) is 0 Å². The molecule has 5 aromatic rings. The van der Waals surface area contributed by atoms with Gasteiger partial charge in [0.05, 0.1) is 29.7 Å². The number of hydrogen-bond donors (Lipinski definition) is 1. The van der Waals surface area contributed by atoms with E-state index >= 15 is 8.78 Å². The van der Waals surface area contributed by atoms with Gasteiger partial charge in [-0.05, 0) is 61.4 Å². The molecule has 0 spiro atoms. The third kappa shape index (κ3) is 5.16. The molecule has 10 rings (SSSR count). The molecule has 2 aromatic heterocycles. The summed E-state index contributed by atoms with van der Waals surface area (Å²) in [7, 11) is 1.76. The van der Waals surface area contributed by atoms with E-state index in [2.05, 4.69) is 20.6 Å². The van der Waals surface area contributed by atoms with Crippen LogP contribution >= 0.6 is 0 Å². The molecule has 5 fully saturated rings. The van der Waals surface area contributed by atoms with E-state index in [1.807, 2.05) is 6.20 Å². The number of alkyl halides is 1. The first-order valence-electron chi connectivity index (χ1n) is 18.6. The Kier molecular flexibility index (Phi) is 7.59. The number of halogens is 3. The van der Waals surface area contributed by atoms with Crippen LogP contribution in [0.25, 0.3) is 43.7 Å². The van der Waals surface area contributed by atoms with Crippen LogP contribution in [0.1, 0.15) is 37.7 Å². The number of fused-ring (bicyclic) bond motifs is 7. The quantitative estimate of drug-likeness (QED) is 0.217. The van der Waals surface area contributed by atoms with Gasteiger partial charge in [0, 0.05) is 80.2 Å². The first-order valence-corrected chi connectivity index (χ1v) is 18.6. The number of benzene rings is 3. The Hall–Kier alpha value is -4.64.